The van der Waals surface area contributed by atoms with E-state index in [4.69, 9.17) is 69.8 Å². The van der Waals surface area contributed by atoms with Gasteiger partial charge in [0.2, 0.25) is 0 Å². The third-order valence-electron chi connectivity index (χ3n) is 11.6. The fraction of sp³-hybridized carbons (Fsp3) is 0.706. The molecule has 6 rings (SSSR count). The lowest BCUT2D eigenvalue weighted by molar-refractivity contribution is -0.0405. The van der Waals surface area contributed by atoms with Crippen molar-refractivity contribution in [3.8, 4) is 0 Å². The predicted octanol–water partition coefficient (Wildman–Crippen LogP) is -3.54. The van der Waals surface area contributed by atoms with Crippen LogP contribution in [0.3, 0.4) is 0 Å². The summed E-state index contributed by atoms with van der Waals surface area (Å²) in [6.45, 7) is 6.56. The molecular formula is C51H93N12O24-. The van der Waals surface area contributed by atoms with Crippen molar-refractivity contribution in [2.24, 2.45) is 11.5 Å². The van der Waals surface area contributed by atoms with Crippen molar-refractivity contribution in [2.45, 2.75) is 50.5 Å². The fourth-order valence-corrected chi connectivity index (χ4v) is 7.77. The number of aliphatic hydroxyl groups is 6. The van der Waals surface area contributed by atoms with Crippen LogP contribution >= 0.6 is 0 Å². The van der Waals surface area contributed by atoms with Crippen molar-refractivity contribution >= 4 is 48.2 Å². The number of β-amino-alcohol motifs (C(OH)–C–C–N with tert-alkyl or cyclic N) is 3. The fourth-order valence-electron chi connectivity index (χ4n) is 7.77. The van der Waals surface area contributed by atoms with Crippen LogP contribution in [0.5, 0.6) is 0 Å². The van der Waals surface area contributed by atoms with Crippen LogP contribution in [0.15, 0.2) is 24.3 Å². The van der Waals surface area contributed by atoms with Crippen LogP contribution in [-0.2, 0) is 47.4 Å². The van der Waals surface area contributed by atoms with Gasteiger partial charge >= 0.3 is 48.2 Å². The van der Waals surface area contributed by atoms with Gasteiger partial charge in [0.25, 0.3) is 0 Å². The maximum Gasteiger partial charge on any atom is 0.508 e. The maximum atomic E-state index is 12.9. The first kappa shape index (κ1) is 80.2. The molecule has 0 atom stereocenters. The molecule has 5 aliphatic heterocycles. The van der Waals surface area contributed by atoms with E-state index < -0.39 is 74.2 Å². The van der Waals surface area contributed by atoms with Gasteiger partial charge in [-0.2, -0.15) is 0 Å². The van der Waals surface area contributed by atoms with Crippen LogP contribution in [0.2, 0.25) is 0 Å². The summed E-state index contributed by atoms with van der Waals surface area (Å²) in [7, 11) is 8.87. The maximum absolute atomic E-state index is 12.9. The molecule has 1 aromatic rings. The molecule has 0 radical (unpaired) electrons. The van der Waals surface area contributed by atoms with Crippen LogP contribution in [0, 0.1) is 7.43 Å². The highest BCUT2D eigenvalue weighted by Gasteiger charge is 2.36. The van der Waals surface area contributed by atoms with Crippen molar-refractivity contribution in [3.63, 3.8) is 0 Å². The van der Waals surface area contributed by atoms with E-state index in [1.54, 1.807) is 19.9 Å². The van der Waals surface area contributed by atoms with Gasteiger partial charge in [0, 0.05) is 68.8 Å². The Bertz CT molecular complexity index is 2000. The Kier molecular flexibility index (Phi) is 41.9. The number of ether oxygens (including phenoxy) is 10. The number of rotatable bonds is 22. The quantitative estimate of drug-likeness (QED) is 0.0305. The van der Waals surface area contributed by atoms with Crippen molar-refractivity contribution in [1.82, 2.24) is 49.8 Å². The third-order valence-corrected chi connectivity index (χ3v) is 11.6. The Hall–Kier alpha value is -6.78. The molecule has 36 heteroatoms. The average Bonchev–Trinajstić information content (AvgIpc) is 3.46. The highest BCUT2D eigenvalue weighted by atomic mass is 16.7. The van der Waals surface area contributed by atoms with E-state index in [1.807, 2.05) is 0 Å². The first-order valence-electron chi connectivity index (χ1n) is 26.9. The number of hydrogen-bond donors (Lipinski definition) is 10. The first-order valence-corrected chi connectivity index (χ1v) is 26.9. The summed E-state index contributed by atoms with van der Waals surface area (Å²) in [6, 6.07) is 4.57. The lowest BCUT2D eigenvalue weighted by Gasteiger charge is -2.38. The van der Waals surface area contributed by atoms with Gasteiger partial charge in [0.1, 0.15) is 66.1 Å². The molecule has 5 aliphatic rings. The number of methoxy groups -OCH3 is 6. The molecule has 0 aromatic heterocycles. The van der Waals surface area contributed by atoms with E-state index in [0.29, 0.717) is 39.4 Å². The number of carbonyl (C=O) groups excluding carboxylic acids is 8. The van der Waals surface area contributed by atoms with Crippen LogP contribution in [-0.4, -0.2) is 343 Å². The number of amides is 10. The van der Waals surface area contributed by atoms with Crippen molar-refractivity contribution < 1.29 is 116 Å². The molecule has 5 fully saturated rings. The normalized spacial score (nSPS) is 16.9. The second-order valence-corrected chi connectivity index (χ2v) is 18.6. The minimum absolute atomic E-state index is 0. The number of urea groups is 5. The Labute approximate surface area is 506 Å². The third kappa shape index (κ3) is 30.1. The molecule has 0 unspecified atom stereocenters. The zero-order chi connectivity index (χ0) is 64.7. The number of carbonyl (C=O) groups is 8. The van der Waals surface area contributed by atoms with Gasteiger partial charge < -0.3 is 108 Å². The standard InChI is InChI=1S/C24H34N4O10.C8H16N2O4.C6H12N2O4.C5H10O3.C4H8N2O2.C3H10N2O.CH3/c1-33-13-25-9-19(10-26(14-34-2)23(25)31)37-21(29)17-6-5-7-18(8-17)22(30)38-20-11-27(15-35-3)24(32)28(12-20)16-36-4;1-13-5-9-3-7(11)4-10(6-14-2)8(9)12;9-3-7-1-5(11)2-8(4-10)6(7)12;1-3-7-5(6)8-4-2;7-3-1-5-4(8)6-2-3;4-1-3(6)2-5;/h5-8,19-20H,9-16H2,1-4H3;7,11H,3-6H2,1-2H3;5,9-11H,1-4H2;3-4H2,1-2H3;3,7H,1-2H2,(H2,5,6,8);3,6H,1-2,4-5H2;1H3/q;;;;;;-1. The molecule has 5 heterocycles. The molecular weight excluding hydrogens is 1160 g/mol. The van der Waals surface area contributed by atoms with Crippen LogP contribution in [0.4, 0.5) is 28.8 Å². The number of benzene rings is 1. The number of nitrogens with one attached hydrogen (secondary N) is 2. The SMILES string of the molecule is CCOC(=O)OCC.COCN1CC(O)CN(COC)C1=O.COCN1CC(OC(=O)c2cccc(C(=O)OC3CN(COC)C(=O)N(COC)C3)c2)CN(COC)C1=O.NCC(O)CN.O=C1N(CO)CC(O)CN1CO.O=C1NCC(O)CN1.[CH3-]. The van der Waals surface area contributed by atoms with Gasteiger partial charge in [0.15, 0.2) is 0 Å². The predicted molar refractivity (Wildman–Crippen MR) is 304 cm³/mol. The second kappa shape index (κ2) is 45.5. The van der Waals surface area contributed by atoms with E-state index >= 15 is 0 Å². The molecule has 12 N–H and O–H groups in total. The summed E-state index contributed by atoms with van der Waals surface area (Å²) < 4.78 is 50.1. The summed E-state index contributed by atoms with van der Waals surface area (Å²) in [5.74, 6) is -1.32. The van der Waals surface area contributed by atoms with Crippen LogP contribution < -0.4 is 22.1 Å². The topological polar surface area (TPSA) is 452 Å². The molecule has 10 amide bonds. The first-order chi connectivity index (χ1) is 41.1. The molecule has 0 spiro atoms. The largest absolute Gasteiger partial charge is 0.508 e. The number of hydrogen-bond acceptors (Lipinski definition) is 26. The van der Waals surface area contributed by atoms with E-state index in [2.05, 4.69) is 20.1 Å². The summed E-state index contributed by atoms with van der Waals surface area (Å²) in [6.07, 6.45) is -4.05. The Morgan fingerprint density at radius 3 is 1.06 bits per heavy atom. The van der Waals surface area contributed by atoms with Gasteiger partial charge in [-0.3, -0.25) is 39.2 Å². The van der Waals surface area contributed by atoms with Gasteiger partial charge in [-0.05, 0) is 32.0 Å². The van der Waals surface area contributed by atoms with Gasteiger partial charge in [0.05, 0.1) is 101 Å². The molecule has 0 aliphatic carbocycles. The monoisotopic (exact) mass is 1260 g/mol. The van der Waals surface area contributed by atoms with Crippen molar-refractivity contribution in [3.05, 3.63) is 42.8 Å². The van der Waals surface area contributed by atoms with Gasteiger partial charge in [-0.15, -0.1) is 0 Å². The molecule has 87 heavy (non-hydrogen) atoms. The Morgan fingerprint density at radius 1 is 0.517 bits per heavy atom. The van der Waals surface area contributed by atoms with Crippen LogP contribution in [0.25, 0.3) is 0 Å². The van der Waals surface area contributed by atoms with Gasteiger partial charge in [-0.1, -0.05) is 6.07 Å². The van der Waals surface area contributed by atoms with E-state index in [-0.39, 0.29) is 135 Å². The highest BCUT2D eigenvalue weighted by molar-refractivity contribution is 5.95. The molecule has 36 nitrogen and oxygen atoms in total. The Morgan fingerprint density at radius 2 is 0.805 bits per heavy atom. The van der Waals surface area contributed by atoms with E-state index in [0.717, 1.165) is 9.80 Å². The minimum Gasteiger partial charge on any atom is -0.455 e. The Balaban J connectivity index is 0.00000122. The zero-order valence-corrected chi connectivity index (χ0v) is 51.1. The number of aliphatic hydroxyl groups excluding tert-OH is 6. The molecule has 0 saturated carbocycles. The number of nitrogens with two attached hydrogens (primary N) is 2. The smallest absolute Gasteiger partial charge is 0.455 e. The average molecular weight is 1260 g/mol. The summed E-state index contributed by atoms with van der Waals surface area (Å²) in [5.41, 5.74) is 10.2. The zero-order valence-electron chi connectivity index (χ0n) is 51.1. The molecule has 0 bridgehead atoms. The second-order valence-electron chi connectivity index (χ2n) is 18.6. The number of nitrogens with zero attached hydrogens (tertiary/aromatic N) is 8. The lowest BCUT2D eigenvalue weighted by atomic mass is 10.1. The van der Waals surface area contributed by atoms with Crippen molar-refractivity contribution in [2.75, 3.05) is 188 Å². The van der Waals surface area contributed by atoms with E-state index in [9.17, 15) is 48.6 Å². The molecule has 1 aromatic carbocycles. The molecule has 502 valence electrons. The lowest BCUT2D eigenvalue weighted by Crippen LogP contribution is -2.57. The van der Waals surface area contributed by atoms with Gasteiger partial charge in [-0.25, -0.2) is 38.4 Å². The highest BCUT2D eigenvalue weighted by Crippen LogP contribution is 2.18. The van der Waals surface area contributed by atoms with Crippen molar-refractivity contribution in [1.29, 1.82) is 0 Å². The number of esters is 2. The van der Waals surface area contributed by atoms with Crippen LogP contribution in [0.1, 0.15) is 34.6 Å². The summed E-state index contributed by atoms with van der Waals surface area (Å²) >= 11 is 0. The summed E-state index contributed by atoms with van der Waals surface area (Å²) in [5, 5.41) is 58.0. The minimum atomic E-state index is -0.706. The molecule has 5 saturated heterocycles. The van der Waals surface area contributed by atoms with E-state index in [1.165, 1.54) is 90.3 Å². The summed E-state index contributed by atoms with van der Waals surface area (Å²) in [4.78, 5) is 105.